The zero-order chi connectivity index (χ0) is 21.1. The molecule has 149 valence electrons. The van der Waals surface area contributed by atoms with E-state index in [0.29, 0.717) is 0 Å². The van der Waals surface area contributed by atoms with Gasteiger partial charge >= 0.3 is 0 Å². The maximum Gasteiger partial charge on any atom is -0.000706 e. The molecule has 7 rings (SSSR count). The van der Waals surface area contributed by atoms with Crippen LogP contribution in [0.5, 0.6) is 0 Å². The van der Waals surface area contributed by atoms with Crippen LogP contribution in [0.15, 0.2) is 103 Å². The van der Waals surface area contributed by atoms with E-state index in [9.17, 15) is 0 Å². The van der Waals surface area contributed by atoms with Gasteiger partial charge < -0.3 is 0 Å². The van der Waals surface area contributed by atoms with Crippen molar-refractivity contribution in [3.63, 3.8) is 0 Å². The number of hydrogen-bond donors (Lipinski definition) is 0. The van der Waals surface area contributed by atoms with Gasteiger partial charge in [0.2, 0.25) is 0 Å². The molecule has 2 aliphatic rings. The van der Waals surface area contributed by atoms with Crippen LogP contribution in [0.4, 0.5) is 0 Å². The molecule has 5 aromatic carbocycles. The van der Waals surface area contributed by atoms with E-state index in [-0.39, 0.29) is 0 Å². The van der Waals surface area contributed by atoms with Gasteiger partial charge in [-0.3, -0.25) is 0 Å². The number of benzene rings is 5. The molecule has 0 nitrogen and oxygen atoms in total. The molecule has 0 atom stereocenters. The Labute approximate surface area is 188 Å². The highest BCUT2D eigenvalue weighted by Crippen LogP contribution is 2.47. The van der Waals surface area contributed by atoms with Crippen molar-refractivity contribution in [1.82, 2.24) is 0 Å². The standard InChI is InChI=1S/C32H21/c1-2-8-21(9-3-1)29-16-17-30-27-13-7-5-11-23(27)20-31(30)32(29)24-14-15-28-25(19-24)18-22-10-4-6-12-26(22)28/h1-17H,18,20H2. The number of hydrogen-bond acceptors (Lipinski definition) is 0. The maximum atomic E-state index is 3.85. The number of fused-ring (bicyclic) bond motifs is 6. The van der Waals surface area contributed by atoms with Gasteiger partial charge in [0.1, 0.15) is 0 Å². The lowest BCUT2D eigenvalue weighted by atomic mass is 9.87. The Morgan fingerprint density at radius 2 is 1.09 bits per heavy atom. The lowest BCUT2D eigenvalue weighted by Crippen LogP contribution is -1.94. The highest BCUT2D eigenvalue weighted by molar-refractivity contribution is 5.94. The molecule has 0 aromatic heterocycles. The molecule has 0 spiro atoms. The van der Waals surface area contributed by atoms with E-state index in [2.05, 4.69) is 109 Å². The molecule has 5 aromatic rings. The van der Waals surface area contributed by atoms with Crippen LogP contribution in [-0.4, -0.2) is 0 Å². The van der Waals surface area contributed by atoms with Gasteiger partial charge in [0, 0.05) is 0 Å². The van der Waals surface area contributed by atoms with Crippen LogP contribution in [0.1, 0.15) is 22.3 Å². The molecule has 0 saturated heterocycles. The van der Waals surface area contributed by atoms with Crippen molar-refractivity contribution in [3.05, 3.63) is 131 Å². The highest BCUT2D eigenvalue weighted by Gasteiger charge is 2.25. The summed E-state index contributed by atoms with van der Waals surface area (Å²) < 4.78 is 0. The topological polar surface area (TPSA) is 0 Å². The van der Waals surface area contributed by atoms with Crippen molar-refractivity contribution in [2.45, 2.75) is 12.8 Å². The summed E-state index contributed by atoms with van der Waals surface area (Å²) in [4.78, 5) is 0. The monoisotopic (exact) mass is 405 g/mol. The van der Waals surface area contributed by atoms with Gasteiger partial charge in [-0.05, 0) is 85.7 Å². The lowest BCUT2D eigenvalue weighted by molar-refractivity contribution is 1.25. The first-order chi connectivity index (χ1) is 15.9. The van der Waals surface area contributed by atoms with Gasteiger partial charge in [0.15, 0.2) is 0 Å². The Hall–Kier alpha value is -3.90. The zero-order valence-electron chi connectivity index (χ0n) is 17.7. The van der Waals surface area contributed by atoms with Crippen molar-refractivity contribution in [2.75, 3.05) is 0 Å². The van der Waals surface area contributed by atoms with Crippen LogP contribution in [0.25, 0.3) is 44.5 Å². The molecule has 0 heterocycles. The van der Waals surface area contributed by atoms with Gasteiger partial charge in [-0.1, -0.05) is 103 Å². The second-order valence-electron chi connectivity index (χ2n) is 8.81. The molecule has 0 aliphatic heterocycles. The Balaban J connectivity index is 1.47. The predicted molar refractivity (Wildman–Crippen MR) is 133 cm³/mol. The first-order valence-electron chi connectivity index (χ1n) is 11.3. The molecule has 0 amide bonds. The zero-order valence-corrected chi connectivity index (χ0v) is 17.7. The summed E-state index contributed by atoms with van der Waals surface area (Å²) >= 11 is 0. The summed E-state index contributed by atoms with van der Waals surface area (Å²) in [6.07, 6.45) is 1.95. The Kier molecular flexibility index (Phi) is 3.77. The minimum absolute atomic E-state index is 0.968. The second kappa shape index (κ2) is 6.80. The molecule has 32 heavy (non-hydrogen) atoms. The van der Waals surface area contributed by atoms with Gasteiger partial charge in [-0.15, -0.1) is 0 Å². The molecule has 0 saturated carbocycles. The van der Waals surface area contributed by atoms with E-state index in [0.717, 1.165) is 12.8 Å². The highest BCUT2D eigenvalue weighted by atomic mass is 14.3. The van der Waals surface area contributed by atoms with Crippen molar-refractivity contribution in [3.8, 4) is 44.5 Å². The third-order valence-corrected chi connectivity index (χ3v) is 7.04. The van der Waals surface area contributed by atoms with E-state index in [1.54, 1.807) is 0 Å². The average molecular weight is 406 g/mol. The van der Waals surface area contributed by atoms with Gasteiger partial charge in [0.05, 0.1) is 0 Å². The first kappa shape index (κ1) is 17.7. The minimum atomic E-state index is 0.968. The van der Waals surface area contributed by atoms with Crippen molar-refractivity contribution in [2.24, 2.45) is 0 Å². The van der Waals surface area contributed by atoms with Gasteiger partial charge in [-0.25, -0.2) is 0 Å². The Bertz CT molecular complexity index is 1510. The van der Waals surface area contributed by atoms with E-state index < -0.39 is 0 Å². The maximum absolute atomic E-state index is 3.85. The summed E-state index contributed by atoms with van der Waals surface area (Å²) in [7, 11) is 0. The molecule has 2 aliphatic carbocycles. The largest absolute Gasteiger partial charge is 0.0622 e. The number of rotatable bonds is 2. The van der Waals surface area contributed by atoms with Gasteiger partial charge in [0.25, 0.3) is 0 Å². The molecule has 0 bridgehead atoms. The normalized spacial score (nSPS) is 12.8. The Morgan fingerprint density at radius 3 is 1.91 bits per heavy atom. The molecule has 0 heteroatoms. The van der Waals surface area contributed by atoms with Crippen molar-refractivity contribution >= 4 is 0 Å². The SMILES string of the molecule is [c]1c(-c2c(-c3ccccc3)ccc3c2Cc2ccccc2-3)ccc2c1Cc1ccccc1-2. The summed E-state index contributed by atoms with van der Waals surface area (Å²) in [5.41, 5.74) is 16.1. The summed E-state index contributed by atoms with van der Waals surface area (Å²) in [6.45, 7) is 0. The van der Waals surface area contributed by atoms with Crippen LogP contribution < -0.4 is 0 Å². The fraction of sp³-hybridized carbons (Fsp3) is 0.0625. The molecule has 0 fully saturated rings. The van der Waals surface area contributed by atoms with Crippen LogP contribution in [0.2, 0.25) is 0 Å². The predicted octanol–water partition coefficient (Wildman–Crippen LogP) is 7.96. The molecular formula is C32H21. The van der Waals surface area contributed by atoms with Crippen LogP contribution in [0, 0.1) is 6.07 Å². The third kappa shape index (κ3) is 2.56. The van der Waals surface area contributed by atoms with Crippen LogP contribution >= 0.6 is 0 Å². The van der Waals surface area contributed by atoms with Crippen molar-refractivity contribution in [1.29, 1.82) is 0 Å². The van der Waals surface area contributed by atoms with E-state index >= 15 is 0 Å². The van der Waals surface area contributed by atoms with E-state index in [1.807, 2.05) is 0 Å². The fourth-order valence-electron chi connectivity index (χ4n) is 5.58. The van der Waals surface area contributed by atoms with Crippen LogP contribution in [0.3, 0.4) is 0 Å². The smallest absolute Gasteiger partial charge is 0.000706 e. The lowest BCUT2D eigenvalue weighted by Gasteiger charge is -2.17. The first-order valence-corrected chi connectivity index (χ1v) is 11.3. The van der Waals surface area contributed by atoms with E-state index in [4.69, 9.17) is 0 Å². The molecule has 0 N–H and O–H groups in total. The average Bonchev–Trinajstić information content (AvgIpc) is 3.41. The molecule has 0 unspecified atom stereocenters. The quantitative estimate of drug-likeness (QED) is 0.274. The minimum Gasteiger partial charge on any atom is -0.0622 e. The fourth-order valence-corrected chi connectivity index (χ4v) is 5.58. The second-order valence-corrected chi connectivity index (χ2v) is 8.81. The summed E-state index contributed by atoms with van der Waals surface area (Å²) in [5, 5.41) is 0. The third-order valence-electron chi connectivity index (χ3n) is 7.04. The Morgan fingerprint density at radius 1 is 0.469 bits per heavy atom. The molecular weight excluding hydrogens is 384 g/mol. The van der Waals surface area contributed by atoms with Crippen molar-refractivity contribution < 1.29 is 0 Å². The summed E-state index contributed by atoms with van der Waals surface area (Å²) in [5.74, 6) is 0. The van der Waals surface area contributed by atoms with Gasteiger partial charge in [-0.2, -0.15) is 0 Å². The molecule has 1 radical (unpaired) electrons. The van der Waals surface area contributed by atoms with E-state index in [1.165, 1.54) is 66.8 Å². The van der Waals surface area contributed by atoms with Crippen LogP contribution in [-0.2, 0) is 12.8 Å². The summed E-state index contributed by atoms with van der Waals surface area (Å²) in [6, 6.07) is 41.4.